The Kier molecular flexibility index (Phi) is 4.70. The number of hydrogen-bond donors (Lipinski definition) is 1. The summed E-state index contributed by atoms with van der Waals surface area (Å²) in [6.07, 6.45) is 0. The zero-order valence-corrected chi connectivity index (χ0v) is 9.19. The van der Waals surface area contributed by atoms with E-state index >= 15 is 0 Å². The van der Waals surface area contributed by atoms with E-state index < -0.39 is 6.72 Å². The summed E-state index contributed by atoms with van der Waals surface area (Å²) in [5.41, 5.74) is 0. The summed E-state index contributed by atoms with van der Waals surface area (Å²) in [6.45, 7) is -1.14. The molecule has 72 valence electrons. The maximum atomic E-state index is 8.91. The third-order valence-electron chi connectivity index (χ3n) is 1.15. The molecule has 0 fully saturated rings. The largest absolute Gasteiger partial charge is 0.387 e. The molecule has 0 aromatic rings. The second-order valence-corrected chi connectivity index (χ2v) is 5.10. The molecule has 0 aromatic heterocycles. The Hall–Kier alpha value is -0.160. The van der Waals surface area contributed by atoms with Crippen LogP contribution in [0.1, 0.15) is 6.92 Å². The van der Waals surface area contributed by atoms with Crippen molar-refractivity contribution in [1.82, 2.24) is 0 Å². The zero-order valence-electron chi connectivity index (χ0n) is 7.47. The molecule has 0 spiro atoms. The van der Waals surface area contributed by atoms with Crippen LogP contribution in [0.4, 0.5) is 0 Å². The van der Waals surface area contributed by atoms with Crippen LogP contribution in [0.3, 0.4) is 0 Å². The third kappa shape index (κ3) is 3.49. The standard InChI is InChI=1S/C5H13NO4PS/c1-5(6(2)7)10-11(12,8-3)9-4/h7H,1-4H3/q+1. The molecule has 0 radical (unpaired) electrons. The molecule has 0 bridgehead atoms. The van der Waals surface area contributed by atoms with E-state index in [0.717, 1.165) is 4.74 Å². The molecule has 5 nitrogen and oxygen atoms in total. The van der Waals surface area contributed by atoms with Gasteiger partial charge in [0.05, 0.1) is 6.92 Å². The minimum absolute atomic E-state index is 0.238. The molecule has 0 aliphatic carbocycles. The molecule has 0 saturated heterocycles. The van der Waals surface area contributed by atoms with Crippen molar-refractivity contribution < 1.29 is 23.5 Å². The summed E-state index contributed by atoms with van der Waals surface area (Å²) in [6, 6.07) is 0. The summed E-state index contributed by atoms with van der Waals surface area (Å²) in [7, 11) is 4.21. The first-order chi connectivity index (χ1) is 5.45. The zero-order chi connectivity index (χ0) is 9.78. The predicted molar refractivity (Wildman–Crippen MR) is 48.0 cm³/mol. The molecule has 0 rings (SSSR count). The van der Waals surface area contributed by atoms with Crippen molar-refractivity contribution in [2.45, 2.75) is 6.92 Å². The predicted octanol–water partition coefficient (Wildman–Crippen LogP) is 0.970. The van der Waals surface area contributed by atoms with E-state index in [1.54, 1.807) is 6.92 Å². The molecule has 1 N–H and O–H groups in total. The molecule has 7 heteroatoms. The Morgan fingerprint density at radius 1 is 1.42 bits per heavy atom. The molecule has 0 amide bonds. The van der Waals surface area contributed by atoms with E-state index in [-0.39, 0.29) is 5.90 Å². The van der Waals surface area contributed by atoms with Gasteiger partial charge >= 0.3 is 12.6 Å². The van der Waals surface area contributed by atoms with Crippen molar-refractivity contribution in [3.63, 3.8) is 0 Å². The first-order valence-electron chi connectivity index (χ1n) is 3.12. The van der Waals surface area contributed by atoms with Crippen LogP contribution < -0.4 is 0 Å². The first kappa shape index (κ1) is 11.8. The molecule has 0 atom stereocenters. The smallest absolute Gasteiger partial charge is 0.370 e. The van der Waals surface area contributed by atoms with E-state index in [1.165, 1.54) is 21.3 Å². The molecule has 0 saturated carbocycles. The molecule has 0 heterocycles. The van der Waals surface area contributed by atoms with Crippen LogP contribution in [0.5, 0.6) is 0 Å². The highest BCUT2D eigenvalue weighted by Gasteiger charge is 2.22. The van der Waals surface area contributed by atoms with Gasteiger partial charge < -0.3 is 13.6 Å². The van der Waals surface area contributed by atoms with Gasteiger partial charge in [-0.15, -0.1) is 0 Å². The van der Waals surface area contributed by atoms with Crippen LogP contribution in [0.15, 0.2) is 0 Å². The second-order valence-electron chi connectivity index (χ2n) is 1.95. The molecule has 0 aliphatic rings. The number of nitrogens with zero attached hydrogens (tertiary/aromatic N) is 1. The van der Waals surface area contributed by atoms with E-state index in [1.807, 2.05) is 0 Å². The Bertz CT molecular complexity index is 217. The van der Waals surface area contributed by atoms with Crippen LogP contribution in [0.2, 0.25) is 0 Å². The Balaban J connectivity index is 4.43. The molecule has 0 unspecified atom stereocenters. The number of hydrogen-bond acceptors (Lipinski definition) is 5. The molecule has 0 aliphatic heterocycles. The highest BCUT2D eigenvalue weighted by Crippen LogP contribution is 2.48. The Morgan fingerprint density at radius 2 is 1.83 bits per heavy atom. The van der Waals surface area contributed by atoms with Crippen molar-refractivity contribution in [1.29, 1.82) is 0 Å². The van der Waals surface area contributed by atoms with Gasteiger partial charge in [-0.3, -0.25) is 5.21 Å². The summed E-state index contributed by atoms with van der Waals surface area (Å²) >= 11 is 4.89. The topological polar surface area (TPSA) is 50.9 Å². The van der Waals surface area contributed by atoms with Gasteiger partial charge in [0, 0.05) is 30.8 Å². The highest BCUT2D eigenvalue weighted by molar-refractivity contribution is 8.07. The SMILES string of the molecule is COP(=S)(OC)OC(C)=[N+](C)O. The molecule has 12 heavy (non-hydrogen) atoms. The van der Waals surface area contributed by atoms with Gasteiger partial charge in [0.1, 0.15) is 0 Å². The summed E-state index contributed by atoms with van der Waals surface area (Å²) < 4.78 is 15.5. The number of hydroxylamine groups is 1. The van der Waals surface area contributed by atoms with Gasteiger partial charge in [-0.05, 0) is 0 Å². The average molecular weight is 214 g/mol. The maximum Gasteiger partial charge on any atom is 0.387 e. The molecular formula is C5H13NO4PS+. The van der Waals surface area contributed by atoms with Crippen LogP contribution in [-0.2, 0) is 25.4 Å². The number of rotatable bonds is 3. The van der Waals surface area contributed by atoms with Crippen LogP contribution >= 0.6 is 6.72 Å². The monoisotopic (exact) mass is 214 g/mol. The van der Waals surface area contributed by atoms with Crippen LogP contribution in [-0.4, -0.2) is 37.1 Å². The van der Waals surface area contributed by atoms with Crippen molar-refractivity contribution in [3.8, 4) is 0 Å². The van der Waals surface area contributed by atoms with Gasteiger partial charge in [0.15, 0.2) is 7.05 Å². The van der Waals surface area contributed by atoms with Crippen molar-refractivity contribution in [2.75, 3.05) is 21.3 Å². The van der Waals surface area contributed by atoms with Gasteiger partial charge in [0.2, 0.25) is 0 Å². The quantitative estimate of drug-likeness (QED) is 0.189. The highest BCUT2D eigenvalue weighted by atomic mass is 32.5. The lowest BCUT2D eigenvalue weighted by Crippen LogP contribution is -2.13. The van der Waals surface area contributed by atoms with Crippen molar-refractivity contribution >= 4 is 24.4 Å². The summed E-state index contributed by atoms with van der Waals surface area (Å²) in [5.74, 6) is 0.238. The normalized spacial score (nSPS) is 14.0. The van der Waals surface area contributed by atoms with E-state index in [2.05, 4.69) is 0 Å². The molecule has 0 aromatic carbocycles. The fourth-order valence-corrected chi connectivity index (χ4v) is 1.43. The van der Waals surface area contributed by atoms with Gasteiger partial charge in [-0.1, -0.05) is 0 Å². The first-order valence-corrected chi connectivity index (χ1v) is 5.68. The minimum Gasteiger partial charge on any atom is -0.370 e. The van der Waals surface area contributed by atoms with Crippen molar-refractivity contribution in [2.24, 2.45) is 0 Å². The van der Waals surface area contributed by atoms with E-state index in [9.17, 15) is 0 Å². The minimum atomic E-state index is -2.70. The summed E-state index contributed by atoms with van der Waals surface area (Å²) in [5, 5.41) is 8.91. The maximum absolute atomic E-state index is 8.91. The second kappa shape index (κ2) is 4.77. The van der Waals surface area contributed by atoms with Crippen LogP contribution in [0.25, 0.3) is 0 Å². The van der Waals surface area contributed by atoms with Gasteiger partial charge in [0.25, 0.3) is 0 Å². The Morgan fingerprint density at radius 3 is 2.08 bits per heavy atom. The van der Waals surface area contributed by atoms with Gasteiger partial charge in [-0.2, -0.15) is 0 Å². The molecular weight excluding hydrogens is 201 g/mol. The van der Waals surface area contributed by atoms with Crippen molar-refractivity contribution in [3.05, 3.63) is 0 Å². The van der Waals surface area contributed by atoms with E-state index in [0.29, 0.717) is 0 Å². The fraction of sp³-hybridized carbons (Fsp3) is 0.800. The summed E-state index contributed by atoms with van der Waals surface area (Å²) in [4.78, 5) is 0. The lowest BCUT2D eigenvalue weighted by atomic mass is 10.8. The van der Waals surface area contributed by atoms with E-state index in [4.69, 9.17) is 30.6 Å². The average Bonchev–Trinajstić information content (AvgIpc) is 2.04. The lowest BCUT2D eigenvalue weighted by Gasteiger charge is -2.14. The van der Waals surface area contributed by atoms with Crippen LogP contribution in [0, 0.1) is 0 Å². The lowest BCUT2D eigenvalue weighted by molar-refractivity contribution is -0.758. The van der Waals surface area contributed by atoms with Gasteiger partial charge in [-0.25, -0.2) is 0 Å². The Labute approximate surface area is 76.8 Å². The third-order valence-corrected chi connectivity index (χ3v) is 3.65. The fourth-order valence-electron chi connectivity index (χ4n) is 0.370.